The van der Waals surface area contributed by atoms with Crippen LogP contribution in [0, 0.1) is 0 Å². The number of thiazole rings is 1. The van der Waals surface area contributed by atoms with Crippen LogP contribution in [0.4, 0.5) is 5.13 Å². The maximum Gasteiger partial charge on any atom is 0.338 e. The minimum atomic E-state index is -0.536. The lowest BCUT2D eigenvalue weighted by molar-refractivity contribution is -0.121. The number of anilines is 1. The summed E-state index contributed by atoms with van der Waals surface area (Å²) in [6.07, 6.45) is 1.61. The van der Waals surface area contributed by atoms with Gasteiger partial charge in [0.2, 0.25) is 0 Å². The summed E-state index contributed by atoms with van der Waals surface area (Å²) in [6, 6.07) is 18.3. The quantitative estimate of drug-likeness (QED) is 0.457. The van der Waals surface area contributed by atoms with Gasteiger partial charge in [-0.3, -0.25) is 9.69 Å². The first-order chi connectivity index (χ1) is 13.2. The predicted octanol–water partition coefficient (Wildman–Crippen LogP) is 4.19. The second kappa shape index (κ2) is 8.91. The Morgan fingerprint density at radius 1 is 1.07 bits per heavy atom. The molecule has 136 valence electrons. The van der Waals surface area contributed by atoms with Crippen LogP contribution >= 0.6 is 11.3 Å². The Kier molecular flexibility index (Phi) is 6.12. The van der Waals surface area contributed by atoms with Crippen LogP contribution in [-0.2, 0) is 9.53 Å². The van der Waals surface area contributed by atoms with E-state index in [0.29, 0.717) is 10.7 Å². The van der Waals surface area contributed by atoms with Crippen LogP contribution in [-0.4, -0.2) is 30.0 Å². The SMILES string of the molecule is C=CCN(C(=O)COC(=O)c1ccccc1)c1nc(-c2ccccc2)cs1. The molecule has 0 radical (unpaired) electrons. The molecule has 1 amide bonds. The number of ether oxygens (including phenoxy) is 1. The standard InChI is InChI=1S/C21H18N2O3S/c1-2-13-23(19(24)14-26-20(25)17-11-7-4-8-12-17)21-22-18(15-27-21)16-9-5-3-6-10-16/h2-12,15H,1,13-14H2. The van der Waals surface area contributed by atoms with E-state index in [-0.39, 0.29) is 19.1 Å². The van der Waals surface area contributed by atoms with Gasteiger partial charge >= 0.3 is 5.97 Å². The van der Waals surface area contributed by atoms with Crippen LogP contribution in [0.3, 0.4) is 0 Å². The maximum atomic E-state index is 12.6. The fourth-order valence-corrected chi connectivity index (χ4v) is 3.27. The Hall–Kier alpha value is -3.25. The van der Waals surface area contributed by atoms with Gasteiger partial charge in [0.15, 0.2) is 11.7 Å². The van der Waals surface area contributed by atoms with E-state index >= 15 is 0 Å². The topological polar surface area (TPSA) is 59.5 Å². The molecule has 0 N–H and O–H groups in total. The number of aromatic nitrogens is 1. The van der Waals surface area contributed by atoms with Crippen molar-refractivity contribution in [2.45, 2.75) is 0 Å². The van der Waals surface area contributed by atoms with Gasteiger partial charge < -0.3 is 4.74 Å². The number of hydrogen-bond acceptors (Lipinski definition) is 5. The van der Waals surface area contributed by atoms with Gasteiger partial charge in [0.25, 0.3) is 5.91 Å². The molecule has 0 aliphatic heterocycles. The van der Waals surface area contributed by atoms with Crippen molar-refractivity contribution in [3.05, 3.63) is 84.3 Å². The van der Waals surface area contributed by atoms with E-state index in [1.54, 1.807) is 36.4 Å². The summed E-state index contributed by atoms with van der Waals surface area (Å²) in [5.41, 5.74) is 2.17. The van der Waals surface area contributed by atoms with Crippen molar-refractivity contribution in [2.75, 3.05) is 18.1 Å². The second-order valence-corrected chi connectivity index (χ2v) is 6.45. The van der Waals surface area contributed by atoms with Gasteiger partial charge in [-0.2, -0.15) is 0 Å². The zero-order valence-electron chi connectivity index (χ0n) is 14.6. The molecule has 0 aliphatic rings. The predicted molar refractivity (Wildman–Crippen MR) is 107 cm³/mol. The number of rotatable bonds is 7. The van der Waals surface area contributed by atoms with Crippen molar-refractivity contribution < 1.29 is 14.3 Å². The highest BCUT2D eigenvalue weighted by atomic mass is 32.1. The Balaban J connectivity index is 1.70. The molecular weight excluding hydrogens is 360 g/mol. The van der Waals surface area contributed by atoms with E-state index in [4.69, 9.17) is 4.74 Å². The van der Waals surface area contributed by atoms with Gasteiger partial charge in [-0.25, -0.2) is 9.78 Å². The van der Waals surface area contributed by atoms with Gasteiger partial charge in [-0.05, 0) is 12.1 Å². The van der Waals surface area contributed by atoms with Crippen molar-refractivity contribution in [2.24, 2.45) is 0 Å². The van der Waals surface area contributed by atoms with E-state index in [0.717, 1.165) is 11.3 Å². The molecule has 27 heavy (non-hydrogen) atoms. The van der Waals surface area contributed by atoms with Gasteiger partial charge in [-0.15, -0.1) is 17.9 Å². The van der Waals surface area contributed by atoms with E-state index in [2.05, 4.69) is 11.6 Å². The minimum absolute atomic E-state index is 0.281. The number of esters is 1. The number of carbonyl (C=O) groups is 2. The van der Waals surface area contributed by atoms with Crippen LogP contribution in [0.15, 0.2) is 78.7 Å². The van der Waals surface area contributed by atoms with E-state index < -0.39 is 5.97 Å². The summed E-state index contributed by atoms with van der Waals surface area (Å²) in [7, 11) is 0. The summed E-state index contributed by atoms with van der Waals surface area (Å²) in [6.45, 7) is 3.61. The molecule has 1 aromatic heterocycles. The van der Waals surface area contributed by atoms with E-state index in [9.17, 15) is 9.59 Å². The van der Waals surface area contributed by atoms with Crippen LogP contribution in [0.25, 0.3) is 11.3 Å². The molecule has 3 aromatic rings. The van der Waals surface area contributed by atoms with Gasteiger partial charge in [-0.1, -0.05) is 54.6 Å². The first kappa shape index (κ1) is 18.5. The number of benzene rings is 2. The van der Waals surface area contributed by atoms with Crippen LogP contribution in [0.1, 0.15) is 10.4 Å². The minimum Gasteiger partial charge on any atom is -0.452 e. The molecule has 0 saturated carbocycles. The zero-order valence-corrected chi connectivity index (χ0v) is 15.4. The molecule has 6 heteroatoms. The molecule has 0 atom stereocenters. The monoisotopic (exact) mass is 378 g/mol. The average Bonchev–Trinajstić information content (AvgIpc) is 3.21. The second-order valence-electron chi connectivity index (χ2n) is 5.62. The van der Waals surface area contributed by atoms with Crippen molar-refractivity contribution in [3.63, 3.8) is 0 Å². The Morgan fingerprint density at radius 3 is 2.41 bits per heavy atom. The summed E-state index contributed by atoms with van der Waals surface area (Å²) in [5, 5.41) is 2.43. The van der Waals surface area contributed by atoms with Crippen LogP contribution in [0.2, 0.25) is 0 Å². The Bertz CT molecular complexity index is 923. The first-order valence-electron chi connectivity index (χ1n) is 8.33. The number of hydrogen-bond donors (Lipinski definition) is 0. The van der Waals surface area contributed by atoms with Crippen molar-refractivity contribution in [1.82, 2.24) is 4.98 Å². The molecular formula is C21H18N2O3S. The lowest BCUT2D eigenvalue weighted by atomic mass is 10.2. The number of amides is 1. The van der Waals surface area contributed by atoms with Crippen LogP contribution < -0.4 is 4.90 Å². The lowest BCUT2D eigenvalue weighted by Crippen LogP contribution is -2.34. The lowest BCUT2D eigenvalue weighted by Gasteiger charge is -2.17. The van der Waals surface area contributed by atoms with Gasteiger partial charge in [0.05, 0.1) is 11.3 Å². The molecule has 2 aromatic carbocycles. The molecule has 5 nitrogen and oxygen atoms in total. The fraction of sp³-hybridized carbons (Fsp3) is 0.0952. The molecule has 3 rings (SSSR count). The Labute approximate surface area is 161 Å². The smallest absolute Gasteiger partial charge is 0.338 e. The maximum absolute atomic E-state index is 12.6. The van der Waals surface area contributed by atoms with Crippen molar-refractivity contribution >= 4 is 28.3 Å². The van der Waals surface area contributed by atoms with Crippen LogP contribution in [0.5, 0.6) is 0 Å². The molecule has 0 spiro atoms. The molecule has 0 fully saturated rings. The summed E-state index contributed by atoms with van der Waals surface area (Å²) >= 11 is 1.36. The first-order valence-corrected chi connectivity index (χ1v) is 9.21. The summed E-state index contributed by atoms with van der Waals surface area (Å²) in [5.74, 6) is -0.889. The van der Waals surface area contributed by atoms with Crippen molar-refractivity contribution in [3.8, 4) is 11.3 Å². The third-order valence-electron chi connectivity index (χ3n) is 3.74. The largest absolute Gasteiger partial charge is 0.452 e. The zero-order chi connectivity index (χ0) is 19.1. The third kappa shape index (κ3) is 4.68. The normalized spacial score (nSPS) is 10.2. The molecule has 0 aliphatic carbocycles. The number of nitrogens with zero attached hydrogens (tertiary/aromatic N) is 2. The highest BCUT2D eigenvalue weighted by molar-refractivity contribution is 7.14. The highest BCUT2D eigenvalue weighted by Crippen LogP contribution is 2.27. The Morgan fingerprint density at radius 2 is 1.74 bits per heavy atom. The molecule has 0 saturated heterocycles. The highest BCUT2D eigenvalue weighted by Gasteiger charge is 2.20. The fourth-order valence-electron chi connectivity index (χ4n) is 2.41. The molecule has 1 heterocycles. The summed E-state index contributed by atoms with van der Waals surface area (Å²) in [4.78, 5) is 30.6. The van der Waals surface area contributed by atoms with E-state index in [1.807, 2.05) is 35.7 Å². The molecule has 0 unspecified atom stereocenters. The van der Waals surface area contributed by atoms with E-state index in [1.165, 1.54) is 16.2 Å². The van der Waals surface area contributed by atoms with Crippen molar-refractivity contribution in [1.29, 1.82) is 0 Å². The third-order valence-corrected chi connectivity index (χ3v) is 4.61. The van der Waals surface area contributed by atoms with Gasteiger partial charge in [0.1, 0.15) is 0 Å². The number of carbonyl (C=O) groups excluding carboxylic acids is 2. The summed E-state index contributed by atoms with van der Waals surface area (Å²) < 4.78 is 5.14. The average molecular weight is 378 g/mol. The molecule has 0 bridgehead atoms. The van der Waals surface area contributed by atoms with Gasteiger partial charge in [0, 0.05) is 17.5 Å².